The maximum atomic E-state index is 5.78. The molecule has 110 valence electrons. The first-order valence-electron chi connectivity index (χ1n) is 6.91. The predicted octanol–water partition coefficient (Wildman–Crippen LogP) is 3.13. The number of nitrogens with one attached hydrogen (secondary N) is 1. The van der Waals surface area contributed by atoms with Gasteiger partial charge in [-0.2, -0.15) is 4.98 Å². The Morgan fingerprint density at radius 1 is 1.19 bits per heavy atom. The topological polar surface area (TPSA) is 65.5 Å². The van der Waals surface area contributed by atoms with Crippen LogP contribution in [0, 0.1) is 6.92 Å². The second-order valence-electron chi connectivity index (χ2n) is 4.72. The van der Waals surface area contributed by atoms with Crippen LogP contribution in [0.2, 0.25) is 0 Å². The smallest absolute Gasteiger partial charge is 0.231 e. The van der Waals surface area contributed by atoms with Crippen LogP contribution in [-0.2, 0) is 0 Å². The third-order valence-corrected chi connectivity index (χ3v) is 2.93. The molecule has 6 nitrogen and oxygen atoms in total. The van der Waals surface area contributed by atoms with E-state index in [9.17, 15) is 0 Å². The molecule has 3 rings (SSSR count). The number of nitrogens with zero attached hydrogens (tertiary/aromatic N) is 2. The highest BCUT2D eigenvalue weighted by Gasteiger charge is 2.14. The molecule has 0 saturated carbocycles. The summed E-state index contributed by atoms with van der Waals surface area (Å²) in [6, 6.07) is 7.23. The Labute approximate surface area is 123 Å². The van der Waals surface area contributed by atoms with Gasteiger partial charge in [-0.15, -0.1) is 0 Å². The Kier molecular flexibility index (Phi) is 3.77. The number of anilines is 1. The monoisotopic (exact) mass is 287 g/mol. The third-order valence-electron chi connectivity index (χ3n) is 2.93. The minimum Gasteiger partial charge on any atom is -0.454 e. The summed E-state index contributed by atoms with van der Waals surface area (Å²) < 4.78 is 16.4. The molecule has 0 atom stereocenters. The fourth-order valence-electron chi connectivity index (χ4n) is 1.97. The molecule has 21 heavy (non-hydrogen) atoms. The molecule has 0 aliphatic carbocycles. The van der Waals surface area contributed by atoms with Gasteiger partial charge in [0.1, 0.15) is 5.75 Å². The summed E-state index contributed by atoms with van der Waals surface area (Å²) in [6.45, 7) is 5.07. The molecule has 0 radical (unpaired) electrons. The summed E-state index contributed by atoms with van der Waals surface area (Å²) in [5.74, 6) is 3.14. The molecule has 1 aliphatic rings. The van der Waals surface area contributed by atoms with E-state index in [-0.39, 0.29) is 6.79 Å². The van der Waals surface area contributed by atoms with Crippen molar-refractivity contribution in [1.29, 1.82) is 0 Å². The van der Waals surface area contributed by atoms with Crippen molar-refractivity contribution in [2.24, 2.45) is 0 Å². The van der Waals surface area contributed by atoms with Crippen LogP contribution in [0.4, 0.5) is 5.95 Å². The van der Waals surface area contributed by atoms with Crippen LogP contribution < -0.4 is 19.5 Å². The van der Waals surface area contributed by atoms with Gasteiger partial charge in [-0.25, -0.2) is 4.98 Å². The van der Waals surface area contributed by atoms with E-state index in [0.717, 1.165) is 24.4 Å². The average Bonchev–Trinajstić information content (AvgIpc) is 2.92. The van der Waals surface area contributed by atoms with Gasteiger partial charge in [0.2, 0.25) is 18.6 Å². The fourth-order valence-corrected chi connectivity index (χ4v) is 1.97. The number of hydrogen-bond acceptors (Lipinski definition) is 6. The minimum atomic E-state index is 0.247. The average molecular weight is 287 g/mol. The fraction of sp³-hybridized carbons (Fsp3) is 0.333. The number of aryl methyl sites for hydroxylation is 1. The van der Waals surface area contributed by atoms with Crippen LogP contribution in [0.15, 0.2) is 24.3 Å². The summed E-state index contributed by atoms with van der Waals surface area (Å²) in [6.07, 6.45) is 1.01. The van der Waals surface area contributed by atoms with Crippen LogP contribution in [0.3, 0.4) is 0 Å². The molecule has 2 aromatic rings. The highest BCUT2D eigenvalue weighted by molar-refractivity contribution is 5.47. The van der Waals surface area contributed by atoms with E-state index < -0.39 is 0 Å². The first-order valence-corrected chi connectivity index (χ1v) is 6.91. The van der Waals surface area contributed by atoms with E-state index >= 15 is 0 Å². The maximum absolute atomic E-state index is 5.78. The summed E-state index contributed by atoms with van der Waals surface area (Å²) in [5.41, 5.74) is 0.847. The van der Waals surface area contributed by atoms with Gasteiger partial charge < -0.3 is 19.5 Å². The van der Waals surface area contributed by atoms with Gasteiger partial charge in [-0.1, -0.05) is 6.92 Å². The number of ether oxygens (including phenoxy) is 3. The SMILES string of the molecule is CCCNc1nc(C)cc(Oc2ccc3c(c2)OCO3)n1. The van der Waals surface area contributed by atoms with Crippen LogP contribution in [0.25, 0.3) is 0 Å². The minimum absolute atomic E-state index is 0.247. The molecular formula is C15H17N3O3. The Morgan fingerprint density at radius 2 is 2.05 bits per heavy atom. The van der Waals surface area contributed by atoms with Crippen molar-refractivity contribution < 1.29 is 14.2 Å². The number of fused-ring (bicyclic) bond motifs is 1. The van der Waals surface area contributed by atoms with Crippen molar-refractivity contribution in [1.82, 2.24) is 9.97 Å². The van der Waals surface area contributed by atoms with E-state index in [1.54, 1.807) is 12.1 Å². The molecule has 1 aromatic heterocycles. The van der Waals surface area contributed by atoms with Crippen LogP contribution in [0.5, 0.6) is 23.1 Å². The summed E-state index contributed by atoms with van der Waals surface area (Å²) >= 11 is 0. The van der Waals surface area contributed by atoms with Crippen molar-refractivity contribution in [2.75, 3.05) is 18.7 Å². The van der Waals surface area contributed by atoms with Gasteiger partial charge in [-0.3, -0.25) is 0 Å². The Balaban J connectivity index is 1.79. The summed E-state index contributed by atoms with van der Waals surface area (Å²) in [5, 5.41) is 3.16. The largest absolute Gasteiger partial charge is 0.454 e. The summed E-state index contributed by atoms with van der Waals surface area (Å²) in [4.78, 5) is 8.67. The Morgan fingerprint density at radius 3 is 2.90 bits per heavy atom. The maximum Gasteiger partial charge on any atom is 0.231 e. The Hall–Kier alpha value is -2.50. The zero-order chi connectivity index (χ0) is 14.7. The molecule has 6 heteroatoms. The summed E-state index contributed by atoms with van der Waals surface area (Å²) in [7, 11) is 0. The second kappa shape index (κ2) is 5.87. The predicted molar refractivity (Wildman–Crippen MR) is 78.2 cm³/mol. The van der Waals surface area contributed by atoms with Crippen molar-refractivity contribution in [3.05, 3.63) is 30.0 Å². The molecule has 0 saturated heterocycles. The van der Waals surface area contributed by atoms with Crippen molar-refractivity contribution in [3.63, 3.8) is 0 Å². The highest BCUT2D eigenvalue weighted by atomic mass is 16.7. The van der Waals surface area contributed by atoms with Gasteiger partial charge in [0.15, 0.2) is 11.5 Å². The molecule has 0 amide bonds. The zero-order valence-corrected chi connectivity index (χ0v) is 12.0. The number of aromatic nitrogens is 2. The molecule has 0 bridgehead atoms. The van der Waals surface area contributed by atoms with Gasteiger partial charge in [0, 0.05) is 24.4 Å². The van der Waals surface area contributed by atoms with E-state index in [1.807, 2.05) is 19.1 Å². The van der Waals surface area contributed by atoms with Crippen LogP contribution >= 0.6 is 0 Å². The number of hydrogen-bond donors (Lipinski definition) is 1. The molecule has 1 aromatic carbocycles. The van der Waals surface area contributed by atoms with E-state index in [0.29, 0.717) is 23.3 Å². The molecule has 1 aliphatic heterocycles. The molecule has 1 N–H and O–H groups in total. The van der Waals surface area contributed by atoms with Crippen molar-refractivity contribution >= 4 is 5.95 Å². The Bertz CT molecular complexity index is 646. The highest BCUT2D eigenvalue weighted by Crippen LogP contribution is 2.36. The zero-order valence-electron chi connectivity index (χ0n) is 12.0. The third kappa shape index (κ3) is 3.16. The first-order chi connectivity index (χ1) is 10.2. The van der Waals surface area contributed by atoms with Gasteiger partial charge in [0.05, 0.1) is 0 Å². The van der Waals surface area contributed by atoms with Crippen LogP contribution in [0.1, 0.15) is 19.0 Å². The van der Waals surface area contributed by atoms with Gasteiger partial charge in [0.25, 0.3) is 0 Å². The first kappa shape index (κ1) is 13.5. The van der Waals surface area contributed by atoms with Crippen molar-refractivity contribution in [3.8, 4) is 23.1 Å². The van der Waals surface area contributed by atoms with E-state index in [2.05, 4.69) is 22.2 Å². The lowest BCUT2D eigenvalue weighted by atomic mass is 10.3. The van der Waals surface area contributed by atoms with Crippen LogP contribution in [-0.4, -0.2) is 23.3 Å². The van der Waals surface area contributed by atoms with Gasteiger partial charge in [-0.05, 0) is 25.5 Å². The lowest BCUT2D eigenvalue weighted by Crippen LogP contribution is -2.05. The number of benzene rings is 1. The normalized spacial score (nSPS) is 12.3. The van der Waals surface area contributed by atoms with Crippen molar-refractivity contribution in [2.45, 2.75) is 20.3 Å². The molecule has 2 heterocycles. The van der Waals surface area contributed by atoms with E-state index in [1.165, 1.54) is 0 Å². The molecule has 0 fully saturated rings. The molecule has 0 unspecified atom stereocenters. The lowest BCUT2D eigenvalue weighted by molar-refractivity contribution is 0.174. The van der Waals surface area contributed by atoms with Gasteiger partial charge >= 0.3 is 0 Å². The standard InChI is InChI=1S/C15H17N3O3/c1-3-6-16-15-17-10(2)7-14(18-15)21-11-4-5-12-13(8-11)20-9-19-12/h4-5,7-8H,3,6,9H2,1-2H3,(H,16,17,18). The lowest BCUT2D eigenvalue weighted by Gasteiger charge is -2.09. The molecular weight excluding hydrogens is 270 g/mol. The van der Waals surface area contributed by atoms with E-state index in [4.69, 9.17) is 14.2 Å². The molecule has 0 spiro atoms. The second-order valence-corrected chi connectivity index (χ2v) is 4.72. The quantitative estimate of drug-likeness (QED) is 0.911. The number of rotatable bonds is 5.